The minimum atomic E-state index is -0.116. The highest BCUT2D eigenvalue weighted by Gasteiger charge is 2.18. The van der Waals surface area contributed by atoms with Gasteiger partial charge in [-0.05, 0) is 70.4 Å². The van der Waals surface area contributed by atoms with Gasteiger partial charge in [-0.1, -0.05) is 12.1 Å². The van der Waals surface area contributed by atoms with Crippen LogP contribution in [0.4, 0.5) is 5.69 Å². The van der Waals surface area contributed by atoms with Crippen molar-refractivity contribution in [1.82, 2.24) is 4.90 Å². The Balaban J connectivity index is 1.96. The highest BCUT2D eigenvalue weighted by atomic mass is 16.1. The van der Waals surface area contributed by atoms with Crippen LogP contribution in [-0.2, 0) is 4.79 Å². The first-order chi connectivity index (χ1) is 9.06. The maximum absolute atomic E-state index is 11.2. The van der Waals surface area contributed by atoms with Gasteiger partial charge in [-0.25, -0.2) is 0 Å². The standard InChI is InChI=1S/C16H24N2O/c1-12(13(2)19)17-16-6-4-14(5-7-16)15-8-10-18(3)11-9-15/h4-7,12,15,17H,8-11H2,1-3H3. The predicted octanol–water partition coefficient (Wildman–Crippen LogP) is 2.89. The summed E-state index contributed by atoms with van der Waals surface area (Å²) in [5.74, 6) is 0.856. The molecule has 1 atom stereocenters. The summed E-state index contributed by atoms with van der Waals surface area (Å²) < 4.78 is 0. The quantitative estimate of drug-likeness (QED) is 0.903. The van der Waals surface area contributed by atoms with Crippen molar-refractivity contribution < 1.29 is 4.79 Å². The van der Waals surface area contributed by atoms with Gasteiger partial charge in [-0.3, -0.25) is 4.79 Å². The van der Waals surface area contributed by atoms with Crippen LogP contribution in [0, 0.1) is 0 Å². The molecule has 1 aromatic rings. The van der Waals surface area contributed by atoms with Crippen LogP contribution in [0.1, 0.15) is 38.2 Å². The van der Waals surface area contributed by atoms with Gasteiger partial charge in [0.25, 0.3) is 0 Å². The van der Waals surface area contributed by atoms with E-state index in [9.17, 15) is 4.79 Å². The number of carbonyl (C=O) groups excluding carboxylic acids is 1. The molecular formula is C16H24N2O. The molecule has 1 unspecified atom stereocenters. The first-order valence-corrected chi connectivity index (χ1v) is 7.12. The zero-order chi connectivity index (χ0) is 13.8. The summed E-state index contributed by atoms with van der Waals surface area (Å²) in [6, 6.07) is 8.46. The van der Waals surface area contributed by atoms with Gasteiger partial charge in [-0.15, -0.1) is 0 Å². The average molecular weight is 260 g/mol. The number of hydrogen-bond acceptors (Lipinski definition) is 3. The molecule has 0 bridgehead atoms. The molecule has 19 heavy (non-hydrogen) atoms. The number of hydrogen-bond donors (Lipinski definition) is 1. The van der Waals surface area contributed by atoms with E-state index in [2.05, 4.69) is 41.5 Å². The SMILES string of the molecule is CC(=O)C(C)Nc1ccc(C2CCN(C)CC2)cc1. The third kappa shape index (κ3) is 3.80. The van der Waals surface area contributed by atoms with Crippen LogP contribution in [0.3, 0.4) is 0 Å². The normalized spacial score (nSPS) is 19.1. The molecule has 1 aliphatic heterocycles. The lowest BCUT2D eigenvalue weighted by atomic mass is 9.89. The number of ketones is 1. The Bertz CT molecular complexity index is 419. The molecule has 1 heterocycles. The van der Waals surface area contributed by atoms with Crippen molar-refractivity contribution >= 4 is 11.5 Å². The fourth-order valence-electron chi connectivity index (χ4n) is 2.55. The topological polar surface area (TPSA) is 32.3 Å². The van der Waals surface area contributed by atoms with Crippen molar-refractivity contribution in [3.05, 3.63) is 29.8 Å². The maximum Gasteiger partial charge on any atom is 0.151 e. The summed E-state index contributed by atoms with van der Waals surface area (Å²) in [6.45, 7) is 5.88. The molecule has 104 valence electrons. The molecular weight excluding hydrogens is 236 g/mol. The Labute approximate surface area is 116 Å². The van der Waals surface area contributed by atoms with Gasteiger partial charge in [0, 0.05) is 5.69 Å². The Kier molecular flexibility index (Phi) is 4.59. The molecule has 0 aliphatic carbocycles. The largest absolute Gasteiger partial charge is 0.376 e. The zero-order valence-electron chi connectivity index (χ0n) is 12.1. The van der Waals surface area contributed by atoms with E-state index in [4.69, 9.17) is 0 Å². The lowest BCUT2D eigenvalue weighted by Gasteiger charge is -2.29. The van der Waals surface area contributed by atoms with E-state index in [0.29, 0.717) is 5.92 Å². The average Bonchev–Trinajstić information content (AvgIpc) is 2.40. The summed E-state index contributed by atoms with van der Waals surface area (Å²) in [6.07, 6.45) is 2.49. The van der Waals surface area contributed by atoms with E-state index in [1.54, 1.807) is 6.92 Å². The van der Waals surface area contributed by atoms with Crippen molar-refractivity contribution in [2.45, 2.75) is 38.6 Å². The number of piperidine rings is 1. The van der Waals surface area contributed by atoms with Crippen molar-refractivity contribution in [2.75, 3.05) is 25.5 Å². The molecule has 0 aromatic heterocycles. The lowest BCUT2D eigenvalue weighted by molar-refractivity contribution is -0.117. The van der Waals surface area contributed by atoms with Crippen LogP contribution in [-0.4, -0.2) is 36.9 Å². The lowest BCUT2D eigenvalue weighted by Crippen LogP contribution is -2.29. The van der Waals surface area contributed by atoms with Crippen molar-refractivity contribution in [3.63, 3.8) is 0 Å². The smallest absolute Gasteiger partial charge is 0.151 e. The van der Waals surface area contributed by atoms with Crippen molar-refractivity contribution in [2.24, 2.45) is 0 Å². The maximum atomic E-state index is 11.2. The Morgan fingerprint density at radius 1 is 1.26 bits per heavy atom. The molecule has 1 saturated heterocycles. The van der Waals surface area contributed by atoms with Gasteiger partial charge in [0.2, 0.25) is 0 Å². The first-order valence-electron chi connectivity index (χ1n) is 7.12. The van der Waals surface area contributed by atoms with E-state index < -0.39 is 0 Å². The van der Waals surface area contributed by atoms with Gasteiger partial charge < -0.3 is 10.2 Å². The molecule has 0 saturated carbocycles. The minimum absolute atomic E-state index is 0.116. The number of nitrogens with one attached hydrogen (secondary N) is 1. The van der Waals surface area contributed by atoms with Crippen LogP contribution in [0.15, 0.2) is 24.3 Å². The number of nitrogens with zero attached hydrogens (tertiary/aromatic N) is 1. The van der Waals surface area contributed by atoms with Gasteiger partial charge >= 0.3 is 0 Å². The molecule has 1 aromatic carbocycles. The predicted molar refractivity (Wildman–Crippen MR) is 79.7 cm³/mol. The van der Waals surface area contributed by atoms with E-state index in [-0.39, 0.29) is 11.8 Å². The Morgan fingerprint density at radius 2 is 1.84 bits per heavy atom. The second-order valence-electron chi connectivity index (χ2n) is 5.68. The molecule has 1 N–H and O–H groups in total. The number of rotatable bonds is 4. The number of Topliss-reactive ketones (excluding diaryl/α,β-unsaturated/α-hetero) is 1. The molecule has 3 nitrogen and oxygen atoms in total. The summed E-state index contributed by atoms with van der Waals surface area (Å²) in [5, 5.41) is 3.22. The molecule has 0 amide bonds. The van der Waals surface area contributed by atoms with Crippen molar-refractivity contribution in [3.8, 4) is 0 Å². The van der Waals surface area contributed by atoms with Gasteiger partial charge in [0.1, 0.15) is 0 Å². The second kappa shape index (κ2) is 6.20. The summed E-state index contributed by atoms with van der Waals surface area (Å²) in [4.78, 5) is 13.6. The van der Waals surface area contributed by atoms with Crippen LogP contribution in [0.2, 0.25) is 0 Å². The Hall–Kier alpha value is -1.35. The van der Waals surface area contributed by atoms with Crippen LogP contribution in [0.5, 0.6) is 0 Å². The van der Waals surface area contributed by atoms with E-state index in [0.717, 1.165) is 5.69 Å². The third-order valence-corrected chi connectivity index (χ3v) is 4.09. The summed E-state index contributed by atoms with van der Waals surface area (Å²) >= 11 is 0. The fraction of sp³-hybridized carbons (Fsp3) is 0.562. The number of likely N-dealkylation sites (tertiary alicyclic amines) is 1. The first kappa shape index (κ1) is 14.1. The van der Waals surface area contributed by atoms with E-state index in [1.165, 1.54) is 31.5 Å². The molecule has 1 fully saturated rings. The van der Waals surface area contributed by atoms with Crippen molar-refractivity contribution in [1.29, 1.82) is 0 Å². The number of carbonyl (C=O) groups is 1. The molecule has 0 radical (unpaired) electrons. The molecule has 0 spiro atoms. The number of anilines is 1. The monoisotopic (exact) mass is 260 g/mol. The summed E-state index contributed by atoms with van der Waals surface area (Å²) in [5.41, 5.74) is 2.45. The van der Waals surface area contributed by atoms with Gasteiger partial charge in [0.15, 0.2) is 5.78 Å². The molecule has 3 heteroatoms. The zero-order valence-corrected chi connectivity index (χ0v) is 12.1. The molecule has 1 aliphatic rings. The highest BCUT2D eigenvalue weighted by Crippen LogP contribution is 2.28. The van der Waals surface area contributed by atoms with Crippen LogP contribution < -0.4 is 5.32 Å². The fourth-order valence-corrected chi connectivity index (χ4v) is 2.55. The molecule has 2 rings (SSSR count). The number of benzene rings is 1. The minimum Gasteiger partial charge on any atom is -0.376 e. The summed E-state index contributed by atoms with van der Waals surface area (Å²) in [7, 11) is 2.19. The van der Waals surface area contributed by atoms with E-state index in [1.807, 2.05) is 6.92 Å². The van der Waals surface area contributed by atoms with Gasteiger partial charge in [0.05, 0.1) is 6.04 Å². The van der Waals surface area contributed by atoms with Crippen LogP contribution >= 0.6 is 0 Å². The van der Waals surface area contributed by atoms with Crippen LogP contribution in [0.25, 0.3) is 0 Å². The van der Waals surface area contributed by atoms with E-state index >= 15 is 0 Å². The second-order valence-corrected chi connectivity index (χ2v) is 5.68. The van der Waals surface area contributed by atoms with Gasteiger partial charge in [-0.2, -0.15) is 0 Å². The third-order valence-electron chi connectivity index (χ3n) is 4.09. The Morgan fingerprint density at radius 3 is 2.37 bits per heavy atom. The highest BCUT2D eigenvalue weighted by molar-refractivity contribution is 5.83.